The van der Waals surface area contributed by atoms with Crippen molar-refractivity contribution in [1.29, 1.82) is 0 Å². The van der Waals surface area contributed by atoms with Crippen LogP contribution < -0.4 is 10.2 Å². The predicted molar refractivity (Wildman–Crippen MR) is 76.0 cm³/mol. The molecule has 0 aliphatic carbocycles. The molecule has 3 nitrogen and oxygen atoms in total. The van der Waals surface area contributed by atoms with Gasteiger partial charge in [-0.1, -0.05) is 0 Å². The highest BCUT2D eigenvalue weighted by molar-refractivity contribution is 9.10. The summed E-state index contributed by atoms with van der Waals surface area (Å²) in [6.45, 7) is 0. The molecule has 88 valence electrons. The van der Waals surface area contributed by atoms with Crippen LogP contribution >= 0.6 is 15.9 Å². The predicted octanol–water partition coefficient (Wildman–Crippen LogP) is 3.65. The summed E-state index contributed by atoms with van der Waals surface area (Å²) in [4.78, 5) is 6.33. The van der Waals surface area contributed by atoms with E-state index >= 15 is 0 Å². The topological polar surface area (TPSA) is 28.2 Å². The van der Waals surface area contributed by atoms with Crippen LogP contribution in [0.25, 0.3) is 0 Å². The molecule has 0 bridgehead atoms. The lowest BCUT2D eigenvalue weighted by Crippen LogP contribution is -2.08. The molecule has 0 spiro atoms. The second kappa shape index (κ2) is 5.19. The number of hydrogen-bond acceptors (Lipinski definition) is 3. The van der Waals surface area contributed by atoms with Gasteiger partial charge in [0.05, 0.1) is 4.47 Å². The van der Waals surface area contributed by atoms with Crippen LogP contribution in [0.5, 0.6) is 0 Å². The zero-order chi connectivity index (χ0) is 12.3. The maximum absolute atomic E-state index is 4.26. The molecular formula is C13H14BrN3. The molecule has 0 atom stereocenters. The lowest BCUT2D eigenvalue weighted by molar-refractivity contribution is 1.13. The molecule has 2 aromatic rings. The van der Waals surface area contributed by atoms with Crippen molar-refractivity contribution in [3.63, 3.8) is 0 Å². The Morgan fingerprint density at radius 3 is 2.41 bits per heavy atom. The smallest absolute Gasteiger partial charge is 0.144 e. The van der Waals surface area contributed by atoms with Crippen molar-refractivity contribution in [2.24, 2.45) is 0 Å². The fourth-order valence-electron chi connectivity index (χ4n) is 1.46. The lowest BCUT2D eigenvalue weighted by Gasteiger charge is -2.13. The van der Waals surface area contributed by atoms with E-state index in [1.165, 1.54) is 5.69 Å². The van der Waals surface area contributed by atoms with E-state index in [4.69, 9.17) is 0 Å². The van der Waals surface area contributed by atoms with Gasteiger partial charge >= 0.3 is 0 Å². The van der Waals surface area contributed by atoms with Crippen molar-refractivity contribution < 1.29 is 0 Å². The minimum Gasteiger partial charge on any atom is -0.378 e. The number of aromatic nitrogens is 1. The molecule has 1 aromatic carbocycles. The number of halogens is 1. The Morgan fingerprint density at radius 1 is 1.12 bits per heavy atom. The molecule has 1 N–H and O–H groups in total. The standard InChI is InChI=1S/C13H14BrN3/c1-17(2)11-7-5-10(6-8-11)16-13-12(14)4-3-9-15-13/h3-9H,1-2H3,(H,15,16). The van der Waals surface area contributed by atoms with E-state index in [9.17, 15) is 0 Å². The average molecular weight is 292 g/mol. The SMILES string of the molecule is CN(C)c1ccc(Nc2ncccc2Br)cc1. The van der Waals surface area contributed by atoms with Gasteiger partial charge in [0, 0.05) is 31.7 Å². The zero-order valence-corrected chi connectivity index (χ0v) is 11.4. The van der Waals surface area contributed by atoms with E-state index in [1.807, 2.05) is 38.4 Å². The molecule has 0 aliphatic heterocycles. The molecule has 17 heavy (non-hydrogen) atoms. The van der Waals surface area contributed by atoms with Crippen LogP contribution in [-0.2, 0) is 0 Å². The van der Waals surface area contributed by atoms with Crippen LogP contribution in [-0.4, -0.2) is 19.1 Å². The Morgan fingerprint density at radius 2 is 1.82 bits per heavy atom. The van der Waals surface area contributed by atoms with E-state index in [2.05, 4.69) is 43.3 Å². The van der Waals surface area contributed by atoms with Crippen LogP contribution in [0, 0.1) is 0 Å². The van der Waals surface area contributed by atoms with Gasteiger partial charge < -0.3 is 10.2 Å². The molecule has 0 amide bonds. The summed E-state index contributed by atoms with van der Waals surface area (Å²) >= 11 is 3.46. The first-order chi connectivity index (χ1) is 8.16. The van der Waals surface area contributed by atoms with Crippen LogP contribution in [0.4, 0.5) is 17.2 Å². The van der Waals surface area contributed by atoms with E-state index in [0.717, 1.165) is 16.0 Å². The van der Waals surface area contributed by atoms with Crippen molar-refractivity contribution in [3.8, 4) is 0 Å². The minimum atomic E-state index is 0.824. The number of pyridine rings is 1. The maximum atomic E-state index is 4.26. The summed E-state index contributed by atoms with van der Waals surface area (Å²) in [6.07, 6.45) is 1.77. The molecule has 0 radical (unpaired) electrons. The number of rotatable bonds is 3. The van der Waals surface area contributed by atoms with E-state index in [-0.39, 0.29) is 0 Å². The Balaban J connectivity index is 2.17. The largest absolute Gasteiger partial charge is 0.378 e. The van der Waals surface area contributed by atoms with Gasteiger partial charge in [0.1, 0.15) is 5.82 Å². The van der Waals surface area contributed by atoms with Gasteiger partial charge in [-0.2, -0.15) is 0 Å². The van der Waals surface area contributed by atoms with Gasteiger partial charge in [-0.15, -0.1) is 0 Å². The monoisotopic (exact) mass is 291 g/mol. The van der Waals surface area contributed by atoms with Crippen molar-refractivity contribution in [2.75, 3.05) is 24.3 Å². The van der Waals surface area contributed by atoms with Gasteiger partial charge in [-0.3, -0.25) is 0 Å². The second-order valence-electron chi connectivity index (χ2n) is 3.90. The number of anilines is 3. The molecule has 1 heterocycles. The third-order valence-corrected chi connectivity index (χ3v) is 3.04. The molecule has 0 aliphatic rings. The molecule has 2 rings (SSSR count). The molecule has 0 saturated carbocycles. The fourth-order valence-corrected chi connectivity index (χ4v) is 1.81. The first kappa shape index (κ1) is 11.9. The van der Waals surface area contributed by atoms with Gasteiger partial charge in [0.25, 0.3) is 0 Å². The van der Waals surface area contributed by atoms with Crippen molar-refractivity contribution >= 4 is 33.1 Å². The van der Waals surface area contributed by atoms with E-state index in [1.54, 1.807) is 6.20 Å². The molecular weight excluding hydrogens is 278 g/mol. The number of hydrogen-bond donors (Lipinski definition) is 1. The molecule has 1 aromatic heterocycles. The number of nitrogens with zero attached hydrogens (tertiary/aromatic N) is 2. The zero-order valence-electron chi connectivity index (χ0n) is 9.81. The van der Waals surface area contributed by atoms with Crippen LogP contribution in [0.3, 0.4) is 0 Å². The highest BCUT2D eigenvalue weighted by Gasteiger charge is 2.01. The summed E-state index contributed by atoms with van der Waals surface area (Å²) in [5, 5.41) is 3.26. The number of nitrogens with one attached hydrogen (secondary N) is 1. The highest BCUT2D eigenvalue weighted by Crippen LogP contribution is 2.24. The third kappa shape index (κ3) is 2.97. The first-order valence-corrected chi connectivity index (χ1v) is 6.11. The average Bonchev–Trinajstić information content (AvgIpc) is 2.33. The lowest BCUT2D eigenvalue weighted by atomic mass is 10.2. The van der Waals surface area contributed by atoms with Gasteiger partial charge in [0.2, 0.25) is 0 Å². The minimum absolute atomic E-state index is 0.824. The van der Waals surface area contributed by atoms with Gasteiger partial charge in [0.15, 0.2) is 0 Å². The first-order valence-electron chi connectivity index (χ1n) is 5.32. The Kier molecular flexibility index (Phi) is 3.64. The Hall–Kier alpha value is -1.55. The van der Waals surface area contributed by atoms with Crippen LogP contribution in [0.1, 0.15) is 0 Å². The number of benzene rings is 1. The summed E-state index contributed by atoms with van der Waals surface area (Å²) in [5.74, 6) is 0.824. The normalized spacial score (nSPS) is 10.1. The van der Waals surface area contributed by atoms with E-state index < -0.39 is 0 Å². The summed E-state index contributed by atoms with van der Waals surface area (Å²) < 4.78 is 0.955. The van der Waals surface area contributed by atoms with Crippen LogP contribution in [0.15, 0.2) is 47.1 Å². The van der Waals surface area contributed by atoms with E-state index in [0.29, 0.717) is 0 Å². The van der Waals surface area contributed by atoms with Crippen molar-refractivity contribution in [2.45, 2.75) is 0 Å². The summed E-state index contributed by atoms with van der Waals surface area (Å²) in [5.41, 5.74) is 2.20. The van der Waals surface area contributed by atoms with Crippen LogP contribution in [0.2, 0.25) is 0 Å². The molecule has 4 heteroatoms. The Labute approximate surface area is 110 Å². The molecule has 0 unspecified atom stereocenters. The maximum Gasteiger partial charge on any atom is 0.144 e. The summed E-state index contributed by atoms with van der Waals surface area (Å²) in [6, 6.07) is 12.1. The van der Waals surface area contributed by atoms with Gasteiger partial charge in [-0.05, 0) is 52.3 Å². The fraction of sp³-hybridized carbons (Fsp3) is 0.154. The molecule has 0 fully saturated rings. The quantitative estimate of drug-likeness (QED) is 0.936. The summed E-state index contributed by atoms with van der Waals surface area (Å²) in [7, 11) is 4.05. The van der Waals surface area contributed by atoms with Crippen molar-refractivity contribution in [1.82, 2.24) is 4.98 Å². The highest BCUT2D eigenvalue weighted by atomic mass is 79.9. The Bertz CT molecular complexity index is 494. The second-order valence-corrected chi connectivity index (χ2v) is 4.75. The molecule has 0 saturated heterocycles. The third-order valence-electron chi connectivity index (χ3n) is 2.40. The van der Waals surface area contributed by atoms with Crippen molar-refractivity contribution in [3.05, 3.63) is 47.1 Å². The van der Waals surface area contributed by atoms with Gasteiger partial charge in [-0.25, -0.2) is 4.98 Å².